The summed E-state index contributed by atoms with van der Waals surface area (Å²) in [6.45, 7) is 3.72. The minimum Gasteiger partial charge on any atom is -0.452 e. The van der Waals surface area contributed by atoms with Gasteiger partial charge in [-0.3, -0.25) is 4.79 Å². The molecule has 0 saturated carbocycles. The summed E-state index contributed by atoms with van der Waals surface area (Å²) in [6.07, 6.45) is 8.81. The summed E-state index contributed by atoms with van der Waals surface area (Å²) in [4.78, 5) is 25.4. The quantitative estimate of drug-likeness (QED) is 0.498. The fraction of sp³-hybridized carbons (Fsp3) is 0.333. The molecule has 1 saturated heterocycles. The molecule has 0 bridgehead atoms. The number of benzene rings is 1. The fourth-order valence-corrected chi connectivity index (χ4v) is 2.36. The lowest BCUT2D eigenvalue weighted by Crippen LogP contribution is -2.20. The fourth-order valence-electron chi connectivity index (χ4n) is 2.36. The predicted octanol–water partition coefficient (Wildman–Crippen LogP) is 2.90. The van der Waals surface area contributed by atoms with E-state index in [4.69, 9.17) is 4.74 Å². The largest absolute Gasteiger partial charge is 0.452 e. The summed E-state index contributed by atoms with van der Waals surface area (Å²) in [7, 11) is 0. The van der Waals surface area contributed by atoms with Gasteiger partial charge in [-0.1, -0.05) is 18.2 Å². The Morgan fingerprint density at radius 2 is 1.87 bits per heavy atom. The van der Waals surface area contributed by atoms with E-state index in [2.05, 4.69) is 10.2 Å². The molecule has 0 spiro atoms. The first-order chi connectivity index (χ1) is 11.2. The molecule has 23 heavy (non-hydrogen) atoms. The maximum Gasteiger partial charge on any atom is 0.331 e. The zero-order chi connectivity index (χ0) is 16.5. The highest BCUT2D eigenvalue weighted by atomic mass is 16.5. The van der Waals surface area contributed by atoms with Crippen LogP contribution in [0.25, 0.3) is 0 Å². The molecule has 1 amide bonds. The third-order valence-corrected chi connectivity index (χ3v) is 3.50. The van der Waals surface area contributed by atoms with Gasteiger partial charge in [0.05, 0.1) is 0 Å². The van der Waals surface area contributed by atoms with Crippen LogP contribution in [0.2, 0.25) is 0 Å². The Balaban J connectivity index is 1.77. The summed E-state index contributed by atoms with van der Waals surface area (Å²) in [5.41, 5.74) is 1.86. The smallest absolute Gasteiger partial charge is 0.331 e. The number of nitrogens with zero attached hydrogens (tertiary/aromatic N) is 1. The molecule has 1 aliphatic rings. The summed E-state index contributed by atoms with van der Waals surface area (Å²) in [6, 6.07) is 7.71. The van der Waals surface area contributed by atoms with Crippen molar-refractivity contribution in [3.05, 3.63) is 48.6 Å². The Labute approximate surface area is 136 Å². The molecule has 2 rings (SSSR count). The van der Waals surface area contributed by atoms with Crippen molar-refractivity contribution in [2.24, 2.45) is 0 Å². The monoisotopic (exact) mass is 314 g/mol. The first-order valence-corrected chi connectivity index (χ1v) is 7.80. The average Bonchev–Trinajstić information content (AvgIpc) is 3.08. The van der Waals surface area contributed by atoms with Crippen LogP contribution in [0.4, 0.5) is 11.4 Å². The Morgan fingerprint density at radius 1 is 1.17 bits per heavy atom. The molecule has 122 valence electrons. The SMILES string of the molecule is C/C=C/C=C/C(=O)OCC(=O)Nc1ccc(N2CCCC2)cc1. The number of carbonyl (C=O) groups excluding carboxylic acids is 2. The van der Waals surface area contributed by atoms with Crippen molar-refractivity contribution < 1.29 is 14.3 Å². The van der Waals surface area contributed by atoms with Crippen LogP contribution in [-0.2, 0) is 14.3 Å². The van der Waals surface area contributed by atoms with Gasteiger partial charge >= 0.3 is 5.97 Å². The first kappa shape index (κ1) is 16.8. The van der Waals surface area contributed by atoms with E-state index in [0.717, 1.165) is 13.1 Å². The molecule has 0 unspecified atom stereocenters. The van der Waals surface area contributed by atoms with Gasteiger partial charge in [0.15, 0.2) is 6.61 Å². The van der Waals surface area contributed by atoms with Crippen molar-refractivity contribution >= 4 is 23.3 Å². The molecule has 0 atom stereocenters. The number of anilines is 2. The van der Waals surface area contributed by atoms with Crippen molar-refractivity contribution in [3.63, 3.8) is 0 Å². The van der Waals surface area contributed by atoms with Gasteiger partial charge in [-0.25, -0.2) is 4.79 Å². The van der Waals surface area contributed by atoms with Crippen LogP contribution < -0.4 is 10.2 Å². The zero-order valence-electron chi connectivity index (χ0n) is 13.3. The standard InChI is InChI=1S/C18H22N2O3/c1-2-3-4-7-18(22)23-14-17(21)19-15-8-10-16(11-9-15)20-12-5-6-13-20/h2-4,7-11H,5-6,12-14H2,1H3,(H,19,21)/b3-2+,7-4+. The van der Waals surface area contributed by atoms with Gasteiger partial charge in [0, 0.05) is 30.5 Å². The van der Waals surface area contributed by atoms with E-state index in [1.165, 1.54) is 24.6 Å². The molecule has 1 aliphatic heterocycles. The maximum absolute atomic E-state index is 11.8. The van der Waals surface area contributed by atoms with E-state index in [1.54, 1.807) is 18.2 Å². The summed E-state index contributed by atoms with van der Waals surface area (Å²) >= 11 is 0. The number of ether oxygens (including phenoxy) is 1. The highest BCUT2D eigenvalue weighted by Gasteiger charge is 2.12. The van der Waals surface area contributed by atoms with Crippen LogP contribution in [-0.4, -0.2) is 31.6 Å². The molecule has 5 nitrogen and oxygen atoms in total. The Morgan fingerprint density at radius 3 is 2.52 bits per heavy atom. The van der Waals surface area contributed by atoms with Gasteiger partial charge in [-0.05, 0) is 44.0 Å². The summed E-state index contributed by atoms with van der Waals surface area (Å²) in [5, 5.41) is 2.71. The maximum atomic E-state index is 11.8. The molecule has 1 heterocycles. The molecular formula is C18H22N2O3. The van der Waals surface area contributed by atoms with E-state index in [9.17, 15) is 9.59 Å². The normalized spacial score (nSPS) is 14.6. The van der Waals surface area contributed by atoms with Gasteiger partial charge in [0.25, 0.3) is 5.91 Å². The number of nitrogens with one attached hydrogen (secondary N) is 1. The van der Waals surface area contributed by atoms with Crippen LogP contribution in [0, 0.1) is 0 Å². The van der Waals surface area contributed by atoms with Gasteiger partial charge in [-0.15, -0.1) is 0 Å². The van der Waals surface area contributed by atoms with Crippen LogP contribution >= 0.6 is 0 Å². The van der Waals surface area contributed by atoms with Crippen LogP contribution in [0.3, 0.4) is 0 Å². The molecule has 1 N–H and O–H groups in total. The van der Waals surface area contributed by atoms with E-state index in [1.807, 2.05) is 31.2 Å². The zero-order valence-corrected chi connectivity index (χ0v) is 13.3. The van der Waals surface area contributed by atoms with E-state index < -0.39 is 5.97 Å². The van der Waals surface area contributed by atoms with Crippen molar-refractivity contribution in [3.8, 4) is 0 Å². The van der Waals surface area contributed by atoms with Crippen LogP contribution in [0.5, 0.6) is 0 Å². The molecule has 0 radical (unpaired) electrons. The van der Waals surface area contributed by atoms with Gasteiger partial charge < -0.3 is 15.0 Å². The Bertz CT molecular complexity index is 585. The molecule has 1 fully saturated rings. The highest BCUT2D eigenvalue weighted by molar-refractivity contribution is 5.93. The highest BCUT2D eigenvalue weighted by Crippen LogP contribution is 2.21. The Hall–Kier alpha value is -2.56. The number of amides is 1. The topological polar surface area (TPSA) is 58.6 Å². The molecule has 5 heteroatoms. The molecule has 1 aromatic carbocycles. The third kappa shape index (κ3) is 5.62. The summed E-state index contributed by atoms with van der Waals surface area (Å²) in [5.74, 6) is -0.894. The number of hydrogen-bond donors (Lipinski definition) is 1. The van der Waals surface area contributed by atoms with Crippen LogP contribution in [0.15, 0.2) is 48.6 Å². The van der Waals surface area contributed by atoms with Crippen molar-refractivity contribution in [1.29, 1.82) is 0 Å². The summed E-state index contributed by atoms with van der Waals surface area (Å²) < 4.78 is 4.85. The number of rotatable bonds is 6. The van der Waals surface area contributed by atoms with Gasteiger partial charge in [0.1, 0.15) is 0 Å². The number of carbonyl (C=O) groups is 2. The lowest BCUT2D eigenvalue weighted by Gasteiger charge is -2.17. The average molecular weight is 314 g/mol. The predicted molar refractivity (Wildman–Crippen MR) is 91.4 cm³/mol. The minimum atomic E-state index is -0.539. The number of hydrogen-bond acceptors (Lipinski definition) is 4. The van der Waals surface area contributed by atoms with Gasteiger partial charge in [0.2, 0.25) is 0 Å². The van der Waals surface area contributed by atoms with Crippen LogP contribution in [0.1, 0.15) is 19.8 Å². The van der Waals surface area contributed by atoms with E-state index in [0.29, 0.717) is 5.69 Å². The molecule has 0 aromatic heterocycles. The third-order valence-electron chi connectivity index (χ3n) is 3.50. The van der Waals surface area contributed by atoms with Crippen molar-refractivity contribution in [2.45, 2.75) is 19.8 Å². The minimum absolute atomic E-state index is 0.299. The lowest BCUT2D eigenvalue weighted by molar-refractivity contribution is -0.142. The first-order valence-electron chi connectivity index (χ1n) is 7.80. The molecule has 0 aliphatic carbocycles. The second-order valence-electron chi connectivity index (χ2n) is 5.28. The van der Waals surface area contributed by atoms with Crippen molar-refractivity contribution in [1.82, 2.24) is 0 Å². The Kier molecular flexibility index (Phi) is 6.41. The second-order valence-corrected chi connectivity index (χ2v) is 5.28. The molecule has 1 aromatic rings. The lowest BCUT2D eigenvalue weighted by atomic mass is 10.2. The number of allylic oxidation sites excluding steroid dienone is 3. The molecular weight excluding hydrogens is 292 g/mol. The second kappa shape index (κ2) is 8.78. The number of esters is 1. The van der Waals surface area contributed by atoms with E-state index >= 15 is 0 Å². The van der Waals surface area contributed by atoms with Gasteiger partial charge in [-0.2, -0.15) is 0 Å². The van der Waals surface area contributed by atoms with Crippen molar-refractivity contribution in [2.75, 3.05) is 29.9 Å². The van der Waals surface area contributed by atoms with E-state index in [-0.39, 0.29) is 12.5 Å².